The van der Waals surface area contributed by atoms with Crippen LogP contribution in [0.1, 0.15) is 38.5 Å². The Morgan fingerprint density at radius 2 is 1.13 bits per heavy atom. The van der Waals surface area contributed by atoms with Crippen LogP contribution in [-0.2, 0) is 0 Å². The average molecular weight is 247 g/mol. The topological polar surface area (TPSA) is 26.0 Å². The molecule has 2 rings (SSSR count). The molecular weight excluding hydrogens is 224 g/mol. The Balaban J connectivity index is 0.000000245. The second-order valence-electron chi connectivity index (χ2n) is 4.70. The SMILES string of the molecule is C1CC[N+]2(CC1)CCCCC2.NC(=S)S. The number of thiocarbonyl (C=S) groups is 1. The summed E-state index contributed by atoms with van der Waals surface area (Å²) in [6.45, 7) is 6.00. The van der Waals surface area contributed by atoms with Gasteiger partial charge in [0, 0.05) is 0 Å². The lowest BCUT2D eigenvalue weighted by Gasteiger charge is -2.44. The van der Waals surface area contributed by atoms with Crippen molar-refractivity contribution < 1.29 is 4.48 Å². The molecule has 2 heterocycles. The molecule has 0 amide bonds. The molecular formula is C11H23N2S2+. The van der Waals surface area contributed by atoms with Crippen molar-refractivity contribution in [3.05, 3.63) is 0 Å². The number of hydrogen-bond donors (Lipinski definition) is 2. The Hall–Kier alpha value is 0.200. The van der Waals surface area contributed by atoms with Gasteiger partial charge in [0.1, 0.15) is 4.32 Å². The van der Waals surface area contributed by atoms with Gasteiger partial charge < -0.3 is 10.2 Å². The molecule has 0 aromatic heterocycles. The molecule has 0 radical (unpaired) electrons. The zero-order valence-electron chi connectivity index (χ0n) is 9.45. The molecule has 1 spiro atoms. The smallest absolute Gasteiger partial charge is 0.128 e. The van der Waals surface area contributed by atoms with Crippen LogP contribution < -0.4 is 5.73 Å². The van der Waals surface area contributed by atoms with Gasteiger partial charge in [-0.25, -0.2) is 0 Å². The van der Waals surface area contributed by atoms with E-state index in [1.165, 1.54) is 69.2 Å². The van der Waals surface area contributed by atoms with Crippen molar-refractivity contribution in [2.75, 3.05) is 26.2 Å². The lowest BCUT2D eigenvalue weighted by atomic mass is 10.0. The van der Waals surface area contributed by atoms with E-state index in [2.05, 4.69) is 24.8 Å². The van der Waals surface area contributed by atoms with E-state index in [0.29, 0.717) is 0 Å². The van der Waals surface area contributed by atoms with Gasteiger partial charge in [0.25, 0.3) is 0 Å². The van der Waals surface area contributed by atoms with Crippen LogP contribution in [0, 0.1) is 0 Å². The summed E-state index contributed by atoms with van der Waals surface area (Å²) in [4.78, 5) is 0. The largest absolute Gasteiger partial charge is 0.385 e. The van der Waals surface area contributed by atoms with Gasteiger partial charge in [-0.2, -0.15) is 0 Å². The maximum atomic E-state index is 4.71. The molecule has 0 bridgehead atoms. The molecule has 0 aromatic carbocycles. The molecule has 2 N–H and O–H groups in total. The summed E-state index contributed by atoms with van der Waals surface area (Å²) in [5, 5.41) is 0. The van der Waals surface area contributed by atoms with Crippen LogP contribution in [0.4, 0.5) is 0 Å². The number of hydrogen-bond acceptors (Lipinski definition) is 1. The number of quaternary nitrogens is 1. The first-order valence-corrected chi connectivity index (χ1v) is 6.84. The third kappa shape index (κ3) is 5.18. The maximum absolute atomic E-state index is 4.71. The van der Waals surface area contributed by atoms with Crippen molar-refractivity contribution >= 4 is 29.2 Å². The Morgan fingerprint density at radius 3 is 1.40 bits per heavy atom. The Morgan fingerprint density at radius 1 is 0.867 bits per heavy atom. The van der Waals surface area contributed by atoms with Crippen LogP contribution in [0.3, 0.4) is 0 Å². The quantitative estimate of drug-likeness (QED) is 0.390. The van der Waals surface area contributed by atoms with Crippen molar-refractivity contribution in [2.45, 2.75) is 38.5 Å². The molecule has 0 atom stereocenters. The van der Waals surface area contributed by atoms with Crippen molar-refractivity contribution in [1.29, 1.82) is 0 Å². The fraction of sp³-hybridized carbons (Fsp3) is 0.909. The van der Waals surface area contributed by atoms with Crippen LogP contribution in [0.2, 0.25) is 0 Å². The summed E-state index contributed by atoms with van der Waals surface area (Å²) in [7, 11) is 0. The molecule has 4 heteroatoms. The van der Waals surface area contributed by atoms with E-state index >= 15 is 0 Å². The number of rotatable bonds is 0. The first kappa shape index (κ1) is 13.3. The van der Waals surface area contributed by atoms with E-state index in [9.17, 15) is 0 Å². The van der Waals surface area contributed by atoms with Crippen molar-refractivity contribution in [3.63, 3.8) is 0 Å². The molecule has 15 heavy (non-hydrogen) atoms. The van der Waals surface area contributed by atoms with Gasteiger partial charge in [0.05, 0.1) is 26.2 Å². The van der Waals surface area contributed by atoms with Crippen LogP contribution in [0.15, 0.2) is 0 Å². The van der Waals surface area contributed by atoms with Crippen molar-refractivity contribution in [1.82, 2.24) is 0 Å². The second kappa shape index (κ2) is 6.71. The fourth-order valence-electron chi connectivity index (χ4n) is 2.81. The molecule has 0 saturated carbocycles. The minimum Gasteiger partial charge on any atom is -0.385 e. The monoisotopic (exact) mass is 247 g/mol. The van der Waals surface area contributed by atoms with Crippen LogP contribution in [0.5, 0.6) is 0 Å². The molecule has 2 saturated heterocycles. The maximum Gasteiger partial charge on any atom is 0.128 e. The van der Waals surface area contributed by atoms with Crippen molar-refractivity contribution in [2.24, 2.45) is 5.73 Å². The van der Waals surface area contributed by atoms with E-state index in [-0.39, 0.29) is 4.32 Å². The van der Waals surface area contributed by atoms with Gasteiger partial charge in [-0.1, -0.05) is 12.2 Å². The highest BCUT2D eigenvalue weighted by Crippen LogP contribution is 2.24. The fourth-order valence-corrected chi connectivity index (χ4v) is 2.81. The number of nitrogens with two attached hydrogens (primary N) is 1. The number of nitrogens with zero attached hydrogens (tertiary/aromatic N) is 1. The average Bonchev–Trinajstić information content (AvgIpc) is 2.19. The highest BCUT2D eigenvalue weighted by molar-refractivity contribution is 8.10. The lowest BCUT2D eigenvalue weighted by molar-refractivity contribution is -0.936. The zero-order valence-corrected chi connectivity index (χ0v) is 11.2. The van der Waals surface area contributed by atoms with Gasteiger partial charge in [0.2, 0.25) is 0 Å². The number of piperidine rings is 2. The summed E-state index contributed by atoms with van der Waals surface area (Å²) < 4.78 is 1.69. The van der Waals surface area contributed by atoms with Gasteiger partial charge in [-0.3, -0.25) is 0 Å². The molecule has 2 nitrogen and oxygen atoms in total. The van der Waals surface area contributed by atoms with Crippen LogP contribution in [0.25, 0.3) is 0 Å². The highest BCUT2D eigenvalue weighted by atomic mass is 32.1. The summed E-state index contributed by atoms with van der Waals surface area (Å²) in [6.07, 6.45) is 9.00. The van der Waals surface area contributed by atoms with Crippen LogP contribution >= 0.6 is 24.8 Å². The highest BCUT2D eigenvalue weighted by Gasteiger charge is 2.30. The predicted octanol–water partition coefficient (Wildman–Crippen LogP) is 2.33. The van der Waals surface area contributed by atoms with Gasteiger partial charge in [0.15, 0.2) is 0 Å². The summed E-state index contributed by atoms with van der Waals surface area (Å²) >= 11 is 7.65. The molecule has 0 aromatic rings. The van der Waals surface area contributed by atoms with E-state index in [1.807, 2.05) is 0 Å². The molecule has 2 fully saturated rings. The van der Waals surface area contributed by atoms with E-state index in [1.54, 1.807) is 0 Å². The van der Waals surface area contributed by atoms with Gasteiger partial charge >= 0.3 is 0 Å². The summed E-state index contributed by atoms with van der Waals surface area (Å²) in [5.41, 5.74) is 4.71. The molecule has 88 valence electrons. The van der Waals surface area contributed by atoms with Gasteiger partial charge in [-0.05, 0) is 38.5 Å². The third-order valence-corrected chi connectivity index (χ3v) is 3.53. The zero-order chi connectivity index (χ0) is 11.1. The first-order valence-electron chi connectivity index (χ1n) is 5.98. The molecule has 0 unspecified atom stereocenters. The van der Waals surface area contributed by atoms with E-state index in [4.69, 9.17) is 5.73 Å². The first-order chi connectivity index (χ1) is 7.15. The van der Waals surface area contributed by atoms with Gasteiger partial charge in [-0.15, -0.1) is 12.6 Å². The second-order valence-corrected chi connectivity index (χ2v) is 5.92. The predicted molar refractivity (Wildman–Crippen MR) is 73.2 cm³/mol. The Kier molecular flexibility index (Phi) is 5.94. The standard InChI is InChI=1S/C10H20N.CH3NS2/c1-3-7-11(8-4-1)9-5-2-6-10-11;2-1(3)4/h1-10H2;(H3,2,3,4)/q+1;. The third-order valence-electron chi connectivity index (χ3n) is 3.53. The van der Waals surface area contributed by atoms with Crippen molar-refractivity contribution in [3.8, 4) is 0 Å². The Bertz CT molecular complexity index is 171. The minimum atomic E-state index is 0.194. The van der Waals surface area contributed by atoms with E-state index < -0.39 is 0 Å². The molecule has 2 aliphatic rings. The summed E-state index contributed by atoms with van der Waals surface area (Å²) in [6, 6.07) is 0. The Labute approximate surface area is 104 Å². The summed E-state index contributed by atoms with van der Waals surface area (Å²) in [5.74, 6) is 0. The number of thiol groups is 1. The van der Waals surface area contributed by atoms with E-state index in [0.717, 1.165) is 0 Å². The molecule has 0 aliphatic carbocycles. The normalized spacial score (nSPS) is 24.1. The molecule has 2 aliphatic heterocycles. The van der Waals surface area contributed by atoms with Crippen LogP contribution in [-0.4, -0.2) is 35.0 Å². The minimum absolute atomic E-state index is 0.194. The lowest BCUT2D eigenvalue weighted by Crippen LogP contribution is -2.54.